The second-order valence-electron chi connectivity index (χ2n) is 3.64. The summed E-state index contributed by atoms with van der Waals surface area (Å²) in [6.45, 7) is 2.18. The Morgan fingerprint density at radius 3 is 2.53 bits per heavy atom. The SMILES string of the molecule is CCOc1ccccc1C(O)CCC(F)(F)F. The summed E-state index contributed by atoms with van der Waals surface area (Å²) in [5.74, 6) is 0.435. The topological polar surface area (TPSA) is 29.5 Å². The molecule has 0 bridgehead atoms. The fourth-order valence-corrected chi connectivity index (χ4v) is 1.50. The lowest BCUT2D eigenvalue weighted by atomic mass is 10.0. The predicted molar refractivity (Wildman–Crippen MR) is 57.9 cm³/mol. The minimum atomic E-state index is -4.25. The maximum atomic E-state index is 12.0. The van der Waals surface area contributed by atoms with Gasteiger partial charge < -0.3 is 9.84 Å². The van der Waals surface area contributed by atoms with Gasteiger partial charge >= 0.3 is 6.18 Å². The summed E-state index contributed by atoms with van der Waals surface area (Å²) in [4.78, 5) is 0. The molecule has 0 aliphatic rings. The second-order valence-corrected chi connectivity index (χ2v) is 3.64. The van der Waals surface area contributed by atoms with Gasteiger partial charge in [-0.3, -0.25) is 0 Å². The van der Waals surface area contributed by atoms with Crippen molar-refractivity contribution in [1.29, 1.82) is 0 Å². The predicted octanol–water partition coefficient (Wildman–Crippen LogP) is 3.46. The molecule has 0 radical (unpaired) electrons. The first-order chi connectivity index (χ1) is 7.94. The zero-order valence-corrected chi connectivity index (χ0v) is 9.50. The smallest absolute Gasteiger partial charge is 0.389 e. The van der Waals surface area contributed by atoms with E-state index in [-0.39, 0.29) is 6.42 Å². The monoisotopic (exact) mass is 248 g/mol. The van der Waals surface area contributed by atoms with Gasteiger partial charge in [-0.15, -0.1) is 0 Å². The van der Waals surface area contributed by atoms with E-state index in [1.165, 1.54) is 0 Å². The number of benzene rings is 1. The van der Waals surface area contributed by atoms with Crippen LogP contribution in [0, 0.1) is 0 Å². The molecule has 1 rings (SSSR count). The van der Waals surface area contributed by atoms with Gasteiger partial charge in [0.05, 0.1) is 12.7 Å². The molecule has 0 fully saturated rings. The molecule has 1 aromatic carbocycles. The molecule has 5 heteroatoms. The van der Waals surface area contributed by atoms with Crippen molar-refractivity contribution in [1.82, 2.24) is 0 Å². The molecular weight excluding hydrogens is 233 g/mol. The molecule has 0 aromatic heterocycles. The highest BCUT2D eigenvalue weighted by atomic mass is 19.4. The Morgan fingerprint density at radius 2 is 1.94 bits per heavy atom. The Bertz CT molecular complexity index is 350. The van der Waals surface area contributed by atoms with Crippen LogP contribution in [0.5, 0.6) is 5.75 Å². The van der Waals surface area contributed by atoms with Crippen molar-refractivity contribution in [3.05, 3.63) is 29.8 Å². The van der Waals surface area contributed by atoms with E-state index in [0.29, 0.717) is 17.9 Å². The van der Waals surface area contributed by atoms with Crippen LogP contribution in [0.3, 0.4) is 0 Å². The van der Waals surface area contributed by atoms with E-state index >= 15 is 0 Å². The molecule has 0 aliphatic carbocycles. The van der Waals surface area contributed by atoms with Crippen LogP contribution in [0.25, 0.3) is 0 Å². The maximum absolute atomic E-state index is 12.0. The van der Waals surface area contributed by atoms with Crippen molar-refractivity contribution in [2.45, 2.75) is 32.0 Å². The molecule has 1 aromatic rings. The minimum Gasteiger partial charge on any atom is -0.493 e. The van der Waals surface area contributed by atoms with Crippen LogP contribution in [0.4, 0.5) is 13.2 Å². The summed E-state index contributed by atoms with van der Waals surface area (Å²) in [5, 5.41) is 9.71. The number of hydrogen-bond donors (Lipinski definition) is 1. The lowest BCUT2D eigenvalue weighted by molar-refractivity contribution is -0.140. The highest BCUT2D eigenvalue weighted by Gasteiger charge is 2.28. The van der Waals surface area contributed by atoms with Crippen LogP contribution in [0.2, 0.25) is 0 Å². The lowest BCUT2D eigenvalue weighted by Gasteiger charge is -2.16. The van der Waals surface area contributed by atoms with Crippen LogP contribution < -0.4 is 4.74 Å². The van der Waals surface area contributed by atoms with Gasteiger partial charge in [0.25, 0.3) is 0 Å². The number of alkyl halides is 3. The van der Waals surface area contributed by atoms with E-state index in [0.717, 1.165) is 0 Å². The standard InChI is InChI=1S/C12H15F3O2/c1-2-17-11-6-4-3-5-9(11)10(16)7-8-12(13,14)15/h3-6,10,16H,2,7-8H2,1H3. The Hall–Kier alpha value is -1.23. The van der Waals surface area contributed by atoms with E-state index in [9.17, 15) is 18.3 Å². The van der Waals surface area contributed by atoms with Crippen molar-refractivity contribution in [2.75, 3.05) is 6.61 Å². The van der Waals surface area contributed by atoms with Gasteiger partial charge in [-0.1, -0.05) is 18.2 Å². The molecule has 0 spiro atoms. The van der Waals surface area contributed by atoms with Gasteiger partial charge in [-0.2, -0.15) is 13.2 Å². The number of halogens is 3. The molecular formula is C12H15F3O2. The molecule has 17 heavy (non-hydrogen) atoms. The quantitative estimate of drug-likeness (QED) is 0.864. The van der Waals surface area contributed by atoms with Crippen LogP contribution in [0.1, 0.15) is 31.4 Å². The molecule has 1 atom stereocenters. The van der Waals surface area contributed by atoms with Gasteiger partial charge in [0, 0.05) is 12.0 Å². The third kappa shape index (κ3) is 4.65. The summed E-state index contributed by atoms with van der Waals surface area (Å²) in [6, 6.07) is 6.58. The molecule has 0 saturated heterocycles. The molecule has 1 N–H and O–H groups in total. The van der Waals surface area contributed by atoms with Gasteiger partial charge in [0.1, 0.15) is 5.75 Å². The highest BCUT2D eigenvalue weighted by molar-refractivity contribution is 5.35. The molecule has 96 valence electrons. The third-order valence-corrected chi connectivity index (χ3v) is 2.28. The molecule has 0 heterocycles. The molecule has 0 amide bonds. The molecule has 0 saturated carbocycles. The number of hydrogen-bond acceptors (Lipinski definition) is 2. The van der Waals surface area contributed by atoms with E-state index in [2.05, 4.69) is 0 Å². The average Bonchev–Trinajstić information content (AvgIpc) is 2.26. The first-order valence-corrected chi connectivity index (χ1v) is 5.40. The van der Waals surface area contributed by atoms with Crippen LogP contribution in [0.15, 0.2) is 24.3 Å². The Balaban J connectivity index is 2.70. The zero-order valence-electron chi connectivity index (χ0n) is 9.50. The van der Waals surface area contributed by atoms with Crippen molar-refractivity contribution in [2.24, 2.45) is 0 Å². The van der Waals surface area contributed by atoms with Crippen molar-refractivity contribution in [3.63, 3.8) is 0 Å². The largest absolute Gasteiger partial charge is 0.493 e. The van der Waals surface area contributed by atoms with Crippen molar-refractivity contribution < 1.29 is 23.0 Å². The van der Waals surface area contributed by atoms with Crippen LogP contribution >= 0.6 is 0 Å². The average molecular weight is 248 g/mol. The first kappa shape index (κ1) is 13.8. The van der Waals surface area contributed by atoms with Gasteiger partial charge in [-0.25, -0.2) is 0 Å². The maximum Gasteiger partial charge on any atom is 0.389 e. The van der Waals surface area contributed by atoms with Crippen molar-refractivity contribution in [3.8, 4) is 5.75 Å². The fourth-order valence-electron chi connectivity index (χ4n) is 1.50. The molecule has 0 aliphatic heterocycles. The summed E-state index contributed by atoms with van der Waals surface area (Å²) in [5.41, 5.74) is 0.401. The van der Waals surface area contributed by atoms with Crippen LogP contribution in [-0.2, 0) is 0 Å². The normalized spacial score (nSPS) is 13.5. The number of aliphatic hydroxyl groups is 1. The summed E-state index contributed by atoms with van der Waals surface area (Å²) in [6.07, 6.45) is -6.76. The van der Waals surface area contributed by atoms with Gasteiger partial charge in [0.2, 0.25) is 0 Å². The summed E-state index contributed by atoms with van der Waals surface area (Å²) >= 11 is 0. The summed E-state index contributed by atoms with van der Waals surface area (Å²) in [7, 11) is 0. The van der Waals surface area contributed by atoms with E-state index in [1.54, 1.807) is 31.2 Å². The Kier molecular flexibility index (Phi) is 4.81. The number of ether oxygens (including phenoxy) is 1. The van der Waals surface area contributed by atoms with E-state index < -0.39 is 18.7 Å². The van der Waals surface area contributed by atoms with Crippen molar-refractivity contribution >= 4 is 0 Å². The molecule has 1 unspecified atom stereocenters. The molecule has 2 nitrogen and oxygen atoms in total. The van der Waals surface area contributed by atoms with E-state index in [4.69, 9.17) is 4.74 Å². The first-order valence-electron chi connectivity index (χ1n) is 5.40. The lowest BCUT2D eigenvalue weighted by Crippen LogP contribution is -2.10. The second kappa shape index (κ2) is 5.91. The number of rotatable bonds is 5. The van der Waals surface area contributed by atoms with Gasteiger partial charge in [0.15, 0.2) is 0 Å². The van der Waals surface area contributed by atoms with Gasteiger partial charge in [-0.05, 0) is 19.4 Å². The minimum absolute atomic E-state index is 0.354. The Morgan fingerprint density at radius 1 is 1.29 bits per heavy atom. The highest BCUT2D eigenvalue weighted by Crippen LogP contribution is 2.31. The third-order valence-electron chi connectivity index (χ3n) is 2.28. The summed E-state index contributed by atoms with van der Waals surface area (Å²) < 4.78 is 41.4. The van der Waals surface area contributed by atoms with E-state index in [1.807, 2.05) is 0 Å². The zero-order chi connectivity index (χ0) is 12.9. The van der Waals surface area contributed by atoms with Crippen LogP contribution in [-0.4, -0.2) is 17.9 Å². The fraction of sp³-hybridized carbons (Fsp3) is 0.500. The number of para-hydroxylation sites is 1. The Labute approximate surface area is 98.0 Å². The number of aliphatic hydroxyl groups excluding tert-OH is 1.